The summed E-state index contributed by atoms with van der Waals surface area (Å²) in [6.07, 6.45) is 6.56. The van der Waals surface area contributed by atoms with Crippen LogP contribution in [-0.2, 0) is 4.79 Å². The lowest BCUT2D eigenvalue weighted by molar-refractivity contribution is -0.120. The van der Waals surface area contributed by atoms with E-state index in [0.717, 1.165) is 19.4 Å². The highest BCUT2D eigenvalue weighted by atomic mass is 16.1. The molecule has 13 heavy (non-hydrogen) atoms. The first-order chi connectivity index (χ1) is 6.33. The van der Waals surface area contributed by atoms with Gasteiger partial charge in [0.25, 0.3) is 0 Å². The highest BCUT2D eigenvalue weighted by molar-refractivity contribution is 5.77. The van der Waals surface area contributed by atoms with E-state index in [2.05, 4.69) is 10.6 Å². The average molecular weight is 181 g/mol. The average Bonchev–Trinajstić information content (AvgIpc) is 2.17. The van der Waals surface area contributed by atoms with Crippen molar-refractivity contribution < 1.29 is 4.79 Å². The van der Waals surface area contributed by atoms with Crippen LogP contribution < -0.4 is 10.6 Å². The molecule has 0 aliphatic carbocycles. The maximum Gasteiger partial charge on any atom is 0.233 e. The minimum atomic E-state index is -0.171. The zero-order chi connectivity index (χ0) is 9.52. The molecule has 1 rings (SSSR count). The molecule has 1 atom stereocenters. The van der Waals surface area contributed by atoms with Crippen LogP contribution in [0.2, 0.25) is 0 Å². The fraction of sp³-hybridized carbons (Fsp3) is 0.778. The van der Waals surface area contributed by atoms with Crippen molar-refractivity contribution in [1.82, 2.24) is 10.6 Å². The molecule has 0 bridgehead atoms. The van der Waals surface area contributed by atoms with Crippen LogP contribution in [0.3, 0.4) is 0 Å². The van der Waals surface area contributed by atoms with Gasteiger partial charge in [0, 0.05) is 12.5 Å². The van der Waals surface area contributed by atoms with E-state index < -0.39 is 0 Å². The predicted molar refractivity (Wildman–Crippen MR) is 48.6 cm³/mol. The Morgan fingerprint density at radius 3 is 3.08 bits per heavy atom. The van der Waals surface area contributed by atoms with Gasteiger partial charge in [0.15, 0.2) is 6.19 Å². The Morgan fingerprint density at radius 1 is 1.62 bits per heavy atom. The van der Waals surface area contributed by atoms with Crippen LogP contribution in [-0.4, -0.2) is 18.5 Å². The molecule has 1 unspecified atom stereocenters. The van der Waals surface area contributed by atoms with Crippen LogP contribution in [0.4, 0.5) is 0 Å². The first-order valence-corrected chi connectivity index (χ1v) is 4.74. The Kier molecular flexibility index (Phi) is 4.27. The highest BCUT2D eigenvalue weighted by Gasteiger charge is 2.13. The summed E-state index contributed by atoms with van der Waals surface area (Å²) in [5.74, 6) is -0.171. The molecule has 1 aliphatic heterocycles. The monoisotopic (exact) mass is 181 g/mol. The number of carbonyl (C=O) groups is 1. The van der Waals surface area contributed by atoms with Crippen LogP contribution in [0, 0.1) is 11.5 Å². The normalized spacial score (nSPS) is 21.9. The van der Waals surface area contributed by atoms with E-state index in [9.17, 15) is 4.79 Å². The maximum atomic E-state index is 10.9. The predicted octanol–water partition coefficient (Wildman–Crippen LogP) is 0.506. The molecule has 2 N–H and O–H groups in total. The molecule has 0 spiro atoms. The van der Waals surface area contributed by atoms with Crippen molar-refractivity contribution in [2.24, 2.45) is 0 Å². The summed E-state index contributed by atoms with van der Waals surface area (Å²) < 4.78 is 0. The Hall–Kier alpha value is -1.08. The van der Waals surface area contributed by atoms with Crippen molar-refractivity contribution in [3.05, 3.63) is 0 Å². The molecule has 1 amide bonds. The lowest BCUT2D eigenvalue weighted by Crippen LogP contribution is -2.35. The summed E-state index contributed by atoms with van der Waals surface area (Å²) in [5.41, 5.74) is 0. The minimum Gasteiger partial charge on any atom is -0.314 e. The molecule has 0 aromatic carbocycles. The van der Waals surface area contributed by atoms with E-state index in [4.69, 9.17) is 5.26 Å². The quantitative estimate of drug-likeness (QED) is 0.492. The zero-order valence-corrected chi connectivity index (χ0v) is 7.68. The van der Waals surface area contributed by atoms with Gasteiger partial charge in [-0.25, -0.2) is 0 Å². The van der Waals surface area contributed by atoms with Gasteiger partial charge in [-0.1, -0.05) is 6.42 Å². The first kappa shape index (κ1) is 10.0. The van der Waals surface area contributed by atoms with E-state index in [1.165, 1.54) is 12.8 Å². The number of nitriles is 1. The van der Waals surface area contributed by atoms with Crippen molar-refractivity contribution >= 4 is 5.91 Å². The van der Waals surface area contributed by atoms with Crippen LogP contribution in [0.1, 0.15) is 32.1 Å². The van der Waals surface area contributed by atoms with Crippen molar-refractivity contribution in [2.75, 3.05) is 6.54 Å². The summed E-state index contributed by atoms with van der Waals surface area (Å²) in [7, 11) is 0. The molecule has 1 heterocycles. The molecule has 0 aromatic rings. The van der Waals surface area contributed by atoms with Crippen molar-refractivity contribution in [3.8, 4) is 6.19 Å². The Morgan fingerprint density at radius 2 is 2.46 bits per heavy atom. The smallest absolute Gasteiger partial charge is 0.233 e. The number of nitrogens with zero attached hydrogens (tertiary/aromatic N) is 1. The number of hydrogen-bond acceptors (Lipinski definition) is 3. The second-order valence-corrected chi connectivity index (χ2v) is 3.35. The number of carbonyl (C=O) groups excluding carboxylic acids is 1. The van der Waals surface area contributed by atoms with E-state index in [1.807, 2.05) is 0 Å². The second-order valence-electron chi connectivity index (χ2n) is 3.35. The number of hydrogen-bond donors (Lipinski definition) is 2. The van der Waals surface area contributed by atoms with Gasteiger partial charge in [-0.3, -0.25) is 10.1 Å². The number of piperidine rings is 1. The van der Waals surface area contributed by atoms with Gasteiger partial charge in [-0.15, -0.1) is 0 Å². The lowest BCUT2D eigenvalue weighted by atomic mass is 10.0. The van der Waals surface area contributed by atoms with Crippen molar-refractivity contribution in [3.63, 3.8) is 0 Å². The molecule has 72 valence electrons. The lowest BCUT2D eigenvalue weighted by Gasteiger charge is -2.22. The summed E-state index contributed by atoms with van der Waals surface area (Å²) in [6.45, 7) is 1.06. The first-order valence-electron chi connectivity index (χ1n) is 4.74. The molecule has 0 saturated carbocycles. The molecular weight excluding hydrogens is 166 g/mol. The van der Waals surface area contributed by atoms with E-state index >= 15 is 0 Å². The molecule has 1 fully saturated rings. The summed E-state index contributed by atoms with van der Waals surface area (Å²) in [4.78, 5) is 10.9. The fourth-order valence-corrected chi connectivity index (χ4v) is 1.60. The second kappa shape index (κ2) is 5.55. The van der Waals surface area contributed by atoms with Gasteiger partial charge in [0.2, 0.25) is 5.91 Å². The van der Waals surface area contributed by atoms with Gasteiger partial charge in [-0.2, -0.15) is 5.26 Å². The van der Waals surface area contributed by atoms with E-state index in [-0.39, 0.29) is 5.91 Å². The van der Waals surface area contributed by atoms with E-state index in [0.29, 0.717) is 12.5 Å². The van der Waals surface area contributed by atoms with Crippen molar-refractivity contribution in [1.29, 1.82) is 5.26 Å². The van der Waals surface area contributed by atoms with E-state index in [1.54, 1.807) is 6.19 Å². The zero-order valence-electron chi connectivity index (χ0n) is 7.68. The van der Waals surface area contributed by atoms with Gasteiger partial charge in [0.1, 0.15) is 0 Å². The summed E-state index contributed by atoms with van der Waals surface area (Å²) >= 11 is 0. The third-order valence-corrected chi connectivity index (χ3v) is 2.33. The highest BCUT2D eigenvalue weighted by Crippen LogP contribution is 2.11. The largest absolute Gasteiger partial charge is 0.314 e. The standard InChI is InChI=1S/C9H15N3O/c10-7-12-9(13)5-4-8-3-1-2-6-11-8/h8,11H,1-6H2,(H,12,13). The summed E-state index contributed by atoms with van der Waals surface area (Å²) in [6, 6.07) is 0.471. The Labute approximate surface area is 78.3 Å². The van der Waals surface area contributed by atoms with Gasteiger partial charge >= 0.3 is 0 Å². The fourth-order valence-electron chi connectivity index (χ4n) is 1.60. The third kappa shape index (κ3) is 3.90. The molecule has 4 heteroatoms. The van der Waals surface area contributed by atoms with Crippen molar-refractivity contribution in [2.45, 2.75) is 38.1 Å². The van der Waals surface area contributed by atoms with Gasteiger partial charge in [-0.05, 0) is 25.8 Å². The number of rotatable bonds is 3. The molecule has 1 saturated heterocycles. The Bertz CT molecular complexity index is 203. The molecule has 1 aliphatic rings. The molecular formula is C9H15N3O. The SMILES string of the molecule is N#CNC(=O)CCC1CCCCN1. The molecule has 4 nitrogen and oxygen atoms in total. The third-order valence-electron chi connectivity index (χ3n) is 2.33. The topological polar surface area (TPSA) is 64.9 Å². The van der Waals surface area contributed by atoms with Crippen LogP contribution >= 0.6 is 0 Å². The number of amides is 1. The van der Waals surface area contributed by atoms with Gasteiger partial charge < -0.3 is 5.32 Å². The van der Waals surface area contributed by atoms with Crippen LogP contribution in [0.25, 0.3) is 0 Å². The van der Waals surface area contributed by atoms with Crippen LogP contribution in [0.15, 0.2) is 0 Å². The van der Waals surface area contributed by atoms with Gasteiger partial charge in [0.05, 0.1) is 0 Å². The summed E-state index contributed by atoms with van der Waals surface area (Å²) in [5, 5.41) is 13.7. The van der Waals surface area contributed by atoms with Crippen LogP contribution in [0.5, 0.6) is 0 Å². The molecule has 0 radical (unpaired) electrons. The Balaban J connectivity index is 2.10. The minimum absolute atomic E-state index is 0.171. The number of nitrogens with one attached hydrogen (secondary N) is 2. The molecule has 0 aromatic heterocycles. The maximum absolute atomic E-state index is 10.9.